The van der Waals surface area contributed by atoms with Gasteiger partial charge in [-0.2, -0.15) is 15.4 Å². The molecule has 0 aliphatic carbocycles. The van der Waals surface area contributed by atoms with E-state index in [1.54, 1.807) is 30.5 Å². The van der Waals surface area contributed by atoms with Crippen molar-refractivity contribution >= 4 is 23.8 Å². The van der Waals surface area contributed by atoms with E-state index in [0.29, 0.717) is 29.1 Å². The summed E-state index contributed by atoms with van der Waals surface area (Å²) in [6.45, 7) is 2.32. The zero-order valence-corrected chi connectivity index (χ0v) is 18.8. The van der Waals surface area contributed by atoms with Gasteiger partial charge in [0.15, 0.2) is 6.23 Å². The molecule has 0 saturated carbocycles. The Hall–Kier alpha value is -4.25. The number of cyclic esters (lactones) is 1. The Bertz CT molecular complexity index is 1280. The molecule has 3 N–H and O–H groups in total. The van der Waals surface area contributed by atoms with Crippen LogP contribution in [-0.2, 0) is 16.1 Å². The lowest BCUT2D eigenvalue weighted by atomic mass is 10.00. The highest BCUT2D eigenvalue weighted by Gasteiger charge is 2.32. The Labute approximate surface area is 200 Å². The van der Waals surface area contributed by atoms with Crippen molar-refractivity contribution in [2.24, 2.45) is 0 Å². The number of ether oxygens (including phenoxy) is 2. The van der Waals surface area contributed by atoms with Gasteiger partial charge in [0.1, 0.15) is 17.7 Å². The minimum absolute atomic E-state index is 0.208. The minimum atomic E-state index is -0.574. The quantitative estimate of drug-likeness (QED) is 0.477. The van der Waals surface area contributed by atoms with Crippen LogP contribution in [0.1, 0.15) is 18.2 Å². The van der Waals surface area contributed by atoms with Gasteiger partial charge in [0.2, 0.25) is 5.91 Å². The second-order valence-corrected chi connectivity index (χ2v) is 8.21. The van der Waals surface area contributed by atoms with Crippen LogP contribution in [0.4, 0.5) is 14.9 Å². The van der Waals surface area contributed by atoms with Gasteiger partial charge in [-0.3, -0.25) is 15.0 Å². The first-order valence-corrected chi connectivity index (χ1v) is 11.1. The number of aromatic nitrogens is 3. The molecule has 2 atom stereocenters. The van der Waals surface area contributed by atoms with Crippen LogP contribution in [-0.4, -0.2) is 52.8 Å². The van der Waals surface area contributed by atoms with Gasteiger partial charge >= 0.3 is 6.09 Å². The highest BCUT2D eigenvalue weighted by atomic mass is 19.1. The third kappa shape index (κ3) is 4.99. The third-order valence-electron chi connectivity index (χ3n) is 5.69. The summed E-state index contributed by atoms with van der Waals surface area (Å²) in [6, 6.07) is 10.1. The smallest absolute Gasteiger partial charge is 0.414 e. The summed E-state index contributed by atoms with van der Waals surface area (Å²) in [6.07, 6.45) is 4.05. The molecule has 11 heteroatoms. The second kappa shape index (κ2) is 9.55. The zero-order chi connectivity index (χ0) is 24.4. The summed E-state index contributed by atoms with van der Waals surface area (Å²) < 4.78 is 26.3. The van der Waals surface area contributed by atoms with Gasteiger partial charge in [-0.1, -0.05) is 12.1 Å². The number of halogens is 1. The summed E-state index contributed by atoms with van der Waals surface area (Å²) in [5, 5.41) is 16.2. The number of anilines is 1. The topological polar surface area (TPSA) is 121 Å². The summed E-state index contributed by atoms with van der Waals surface area (Å²) in [7, 11) is 0. The molecule has 1 aromatic heterocycles. The van der Waals surface area contributed by atoms with Crippen LogP contribution < -0.4 is 20.3 Å². The number of hydrogen-bond donors (Lipinski definition) is 3. The molecule has 0 spiro atoms. The van der Waals surface area contributed by atoms with E-state index in [0.717, 1.165) is 11.3 Å². The van der Waals surface area contributed by atoms with Crippen molar-refractivity contribution in [3.8, 4) is 16.9 Å². The lowest BCUT2D eigenvalue weighted by Crippen LogP contribution is -2.33. The van der Waals surface area contributed by atoms with Crippen molar-refractivity contribution in [3.05, 3.63) is 65.7 Å². The van der Waals surface area contributed by atoms with E-state index in [4.69, 9.17) is 9.47 Å². The molecule has 35 heavy (non-hydrogen) atoms. The predicted octanol–water partition coefficient (Wildman–Crippen LogP) is 2.59. The van der Waals surface area contributed by atoms with Crippen molar-refractivity contribution in [1.29, 1.82) is 0 Å². The van der Waals surface area contributed by atoms with E-state index in [-0.39, 0.29) is 25.2 Å². The van der Waals surface area contributed by atoms with Gasteiger partial charge < -0.3 is 14.8 Å². The van der Waals surface area contributed by atoms with Crippen LogP contribution in [0, 0.1) is 5.82 Å². The first-order chi connectivity index (χ1) is 17.0. The summed E-state index contributed by atoms with van der Waals surface area (Å²) in [4.78, 5) is 24.7. The number of hydrogen-bond acceptors (Lipinski definition) is 7. The number of carbonyl (C=O) groups is 2. The molecule has 2 amide bonds. The molecule has 1 saturated heterocycles. The molecule has 3 heterocycles. The van der Waals surface area contributed by atoms with Crippen molar-refractivity contribution in [3.63, 3.8) is 0 Å². The number of H-pyrrole nitrogens is 1. The highest BCUT2D eigenvalue weighted by molar-refractivity contribution is 5.90. The van der Waals surface area contributed by atoms with Gasteiger partial charge in [0.05, 0.1) is 30.7 Å². The Morgan fingerprint density at radius 3 is 2.91 bits per heavy atom. The van der Waals surface area contributed by atoms with E-state index >= 15 is 4.39 Å². The van der Waals surface area contributed by atoms with Crippen LogP contribution in [0.25, 0.3) is 17.2 Å². The van der Waals surface area contributed by atoms with Gasteiger partial charge in [-0.15, -0.1) is 0 Å². The number of rotatable bonds is 7. The van der Waals surface area contributed by atoms with E-state index < -0.39 is 18.0 Å². The molecule has 0 radical (unpaired) electrons. The molecule has 2 aromatic carbocycles. The van der Waals surface area contributed by atoms with E-state index in [1.165, 1.54) is 17.9 Å². The Balaban J connectivity index is 1.27. The van der Waals surface area contributed by atoms with Crippen molar-refractivity contribution in [2.75, 3.05) is 18.0 Å². The Kier molecular flexibility index (Phi) is 6.15. The molecule has 2 aliphatic rings. The lowest BCUT2D eigenvalue weighted by molar-refractivity contribution is -0.119. The van der Waals surface area contributed by atoms with E-state index in [2.05, 4.69) is 26.0 Å². The van der Waals surface area contributed by atoms with Crippen LogP contribution in [0.3, 0.4) is 0 Å². The number of amides is 2. The standard InChI is InChI=1S/C24H23FN6O4/c1-14(32)26-12-19-13-31(24(33)34-19)18-4-5-20(21(25)9-18)15-2-6-22-16(8-15)3-7-23(35-22)27-10-17-11-28-30-29-17/h2-9,11,19,23,27H,10,12-13H2,1H3,(H,26,32)(H,28,29,30)/t19-,23?/m0/s1. The number of fused-ring (bicyclic) bond motifs is 1. The van der Waals surface area contributed by atoms with E-state index in [1.807, 2.05) is 18.2 Å². The minimum Gasteiger partial charge on any atom is -0.471 e. The maximum absolute atomic E-state index is 15.1. The summed E-state index contributed by atoms with van der Waals surface area (Å²) in [5.41, 5.74) is 3.08. The lowest BCUT2D eigenvalue weighted by Gasteiger charge is -2.22. The molecule has 180 valence electrons. The summed E-state index contributed by atoms with van der Waals surface area (Å²) >= 11 is 0. The first kappa shape index (κ1) is 22.5. The van der Waals surface area contributed by atoms with Crippen LogP contribution >= 0.6 is 0 Å². The maximum atomic E-state index is 15.1. The van der Waals surface area contributed by atoms with Crippen LogP contribution in [0.2, 0.25) is 0 Å². The van der Waals surface area contributed by atoms with Gasteiger partial charge in [-0.05, 0) is 42.0 Å². The van der Waals surface area contributed by atoms with Gasteiger partial charge in [-0.25, -0.2) is 9.18 Å². The molecule has 5 rings (SSSR count). The zero-order valence-electron chi connectivity index (χ0n) is 18.8. The van der Waals surface area contributed by atoms with Crippen LogP contribution in [0.15, 0.2) is 48.7 Å². The number of aromatic amines is 1. The molecule has 0 bridgehead atoms. The fourth-order valence-corrected chi connectivity index (χ4v) is 3.95. The largest absolute Gasteiger partial charge is 0.471 e. The molecule has 1 unspecified atom stereocenters. The fraction of sp³-hybridized carbons (Fsp3) is 0.250. The van der Waals surface area contributed by atoms with Gasteiger partial charge in [0.25, 0.3) is 0 Å². The molecule has 2 aliphatic heterocycles. The normalized spacial score (nSPS) is 18.7. The highest BCUT2D eigenvalue weighted by Crippen LogP contribution is 2.33. The third-order valence-corrected chi connectivity index (χ3v) is 5.69. The maximum Gasteiger partial charge on any atom is 0.414 e. The summed E-state index contributed by atoms with van der Waals surface area (Å²) in [5.74, 6) is 0.00269. The first-order valence-electron chi connectivity index (χ1n) is 11.1. The molecular formula is C24H23FN6O4. The average molecular weight is 478 g/mol. The second-order valence-electron chi connectivity index (χ2n) is 8.21. The molecule has 1 fully saturated rings. The molecular weight excluding hydrogens is 455 g/mol. The predicted molar refractivity (Wildman–Crippen MR) is 125 cm³/mol. The average Bonchev–Trinajstić information content (AvgIpc) is 3.50. The SMILES string of the molecule is CC(=O)NC[C@H]1CN(c2ccc(-c3ccc4c(c3)C=CC(NCc3cn[nH]n3)O4)c(F)c2)C(=O)O1. The van der Waals surface area contributed by atoms with Crippen molar-refractivity contribution < 1.29 is 23.5 Å². The Morgan fingerprint density at radius 2 is 2.14 bits per heavy atom. The molecule has 10 nitrogen and oxygen atoms in total. The van der Waals surface area contributed by atoms with Crippen molar-refractivity contribution in [2.45, 2.75) is 25.8 Å². The van der Waals surface area contributed by atoms with Crippen molar-refractivity contribution in [1.82, 2.24) is 26.0 Å². The number of nitrogens with zero attached hydrogens (tertiary/aromatic N) is 3. The number of benzene rings is 2. The van der Waals surface area contributed by atoms with E-state index in [9.17, 15) is 9.59 Å². The number of carbonyl (C=O) groups excluding carboxylic acids is 2. The van der Waals surface area contributed by atoms with Crippen LogP contribution in [0.5, 0.6) is 5.75 Å². The molecule has 3 aromatic rings. The number of nitrogens with one attached hydrogen (secondary N) is 3. The monoisotopic (exact) mass is 478 g/mol. The fourth-order valence-electron chi connectivity index (χ4n) is 3.95. The Morgan fingerprint density at radius 1 is 1.26 bits per heavy atom. The van der Waals surface area contributed by atoms with Gasteiger partial charge in [0, 0.05) is 24.6 Å².